The maximum Gasteiger partial charge on any atom is 0.494 e. The summed E-state index contributed by atoms with van der Waals surface area (Å²) >= 11 is 16.5. The van der Waals surface area contributed by atoms with E-state index in [4.69, 9.17) is 61.4 Å². The topological polar surface area (TPSA) is 227 Å². The second kappa shape index (κ2) is 36.6. The number of hydrogen-bond acceptors (Lipinski definition) is 14. The lowest BCUT2D eigenvalue weighted by molar-refractivity contribution is 0.00578. The normalized spacial score (nSPS) is 19.2. The molecule has 2 unspecified atom stereocenters. The third-order valence-electron chi connectivity index (χ3n) is 23.3. The molecule has 7 aliphatic heterocycles. The zero-order valence-electron chi connectivity index (χ0n) is 69.2. The van der Waals surface area contributed by atoms with Gasteiger partial charge in [0.15, 0.2) is 0 Å². The number of fused-ring (bicyclic) bond motifs is 4. The summed E-state index contributed by atoms with van der Waals surface area (Å²) in [6, 6.07) is 55.2. The highest BCUT2D eigenvalue weighted by Gasteiger charge is 2.52. The number of hydrogen-bond donors (Lipinski definition) is 2. The van der Waals surface area contributed by atoms with E-state index in [9.17, 15) is 28.8 Å². The van der Waals surface area contributed by atoms with Crippen molar-refractivity contribution in [3.05, 3.63) is 251 Å². The van der Waals surface area contributed by atoms with Gasteiger partial charge in [0, 0.05) is 78.1 Å². The van der Waals surface area contributed by atoms with Gasteiger partial charge in [-0.25, -0.2) is 19.2 Å². The highest BCUT2D eigenvalue weighted by molar-refractivity contribution is 9.10. The van der Waals surface area contributed by atoms with Crippen LogP contribution < -0.4 is 16.3 Å². The number of likely N-dealkylation sites (tertiary alicyclic amines) is 4. The van der Waals surface area contributed by atoms with Crippen molar-refractivity contribution in [1.82, 2.24) is 29.6 Å². The van der Waals surface area contributed by atoms with E-state index in [1.165, 1.54) is 11.0 Å². The smallest absolute Gasteiger partial charge is 0.445 e. The summed E-state index contributed by atoms with van der Waals surface area (Å²) in [7, 11) is -0.369. The van der Waals surface area contributed by atoms with E-state index in [2.05, 4.69) is 126 Å². The van der Waals surface area contributed by atoms with Crippen LogP contribution >= 0.6 is 66.1 Å². The Morgan fingerprint density at radius 1 is 0.475 bits per heavy atom. The lowest BCUT2D eigenvalue weighted by Gasteiger charge is -2.32. The van der Waals surface area contributed by atoms with E-state index in [0.29, 0.717) is 65.7 Å². The van der Waals surface area contributed by atoms with Crippen LogP contribution in [0.4, 0.5) is 19.2 Å². The van der Waals surface area contributed by atoms with Crippen molar-refractivity contribution >= 4 is 169 Å². The van der Waals surface area contributed by atoms with Gasteiger partial charge in [0.2, 0.25) is 10.9 Å². The Morgan fingerprint density at radius 2 is 0.842 bits per heavy atom. The number of pyridine rings is 2. The first-order valence-corrected chi connectivity index (χ1v) is 42.2. The Morgan fingerprint density at radius 3 is 1.28 bits per heavy atom. The van der Waals surface area contributed by atoms with Crippen LogP contribution in [0.5, 0.6) is 0 Å². The molecule has 0 aliphatic carbocycles. The molecule has 0 saturated carbocycles. The number of carbonyl (C=O) groups excluding carboxylic acids is 4. The van der Waals surface area contributed by atoms with Crippen LogP contribution in [0.3, 0.4) is 0 Å². The van der Waals surface area contributed by atoms with Crippen LogP contribution in [-0.2, 0) is 41.5 Å². The van der Waals surface area contributed by atoms with Gasteiger partial charge >= 0.3 is 31.5 Å². The fourth-order valence-electron chi connectivity index (χ4n) is 16.5. The minimum Gasteiger partial charge on any atom is -0.445 e. The maximum atomic E-state index is 13.5. The monoisotopic (exact) mass is 1760 g/mol. The van der Waals surface area contributed by atoms with Crippen molar-refractivity contribution in [3.63, 3.8) is 0 Å². The number of rotatable bonds is 12. The van der Waals surface area contributed by atoms with Gasteiger partial charge in [0.25, 0.3) is 0 Å². The van der Waals surface area contributed by atoms with E-state index >= 15 is 0 Å². The average molecular weight is 1760 g/mol. The molecule has 4 atom stereocenters. The fraction of sp³-hybridized carbons (Fsp3) is 0.362. The molecule has 626 valence electrons. The van der Waals surface area contributed by atoms with Crippen molar-refractivity contribution in [2.24, 2.45) is 9.98 Å². The number of carbonyl (C=O) groups is 4. The first kappa shape index (κ1) is 88.1. The zero-order chi connectivity index (χ0) is 83.1. The van der Waals surface area contributed by atoms with Gasteiger partial charge in [0.1, 0.15) is 34.5 Å². The Labute approximate surface area is 732 Å². The molecule has 0 spiro atoms. The van der Waals surface area contributed by atoms with Gasteiger partial charge in [-0.3, -0.25) is 39.2 Å². The van der Waals surface area contributed by atoms with Crippen LogP contribution in [0.2, 0.25) is 10.0 Å². The second-order valence-corrected chi connectivity index (χ2v) is 36.0. The number of nitrogens with one attached hydrogen (secondary N) is 2. The molecule has 9 heterocycles. The number of aromatic amines is 2. The van der Waals surface area contributed by atoms with Crippen molar-refractivity contribution in [2.75, 3.05) is 26.2 Å². The Balaban J connectivity index is 0.000000164. The van der Waals surface area contributed by atoms with E-state index in [1.807, 2.05) is 149 Å². The molecular formula is C94H102BBrCl2N8O12S2. The number of benzene rings is 8. The Bertz CT molecular complexity index is 5820. The highest BCUT2D eigenvalue weighted by Crippen LogP contribution is 2.42. The maximum absolute atomic E-state index is 13.5. The predicted molar refractivity (Wildman–Crippen MR) is 493 cm³/mol. The lowest BCUT2D eigenvalue weighted by Crippen LogP contribution is -2.43. The van der Waals surface area contributed by atoms with E-state index in [-0.39, 0.29) is 110 Å². The van der Waals surface area contributed by atoms with Crippen LogP contribution in [0.15, 0.2) is 206 Å². The van der Waals surface area contributed by atoms with Gasteiger partial charge in [-0.05, 0) is 241 Å². The molecule has 7 aliphatic rings. The number of halogens is 3. The number of aliphatic imine (C=N–C) groups is 2. The summed E-state index contributed by atoms with van der Waals surface area (Å²) in [5.74, 6) is 0. The Hall–Kier alpha value is -9.66. The van der Waals surface area contributed by atoms with E-state index in [1.54, 1.807) is 21.9 Å². The lowest BCUT2D eigenvalue weighted by atomic mass is 9.78. The molecule has 2 aromatic heterocycles. The summed E-state index contributed by atoms with van der Waals surface area (Å²) in [6.45, 7) is 22.5. The van der Waals surface area contributed by atoms with Gasteiger partial charge < -0.3 is 38.2 Å². The summed E-state index contributed by atoms with van der Waals surface area (Å²) in [4.78, 5) is 101. The summed E-state index contributed by atoms with van der Waals surface area (Å²) in [5, 5.41) is 5.75. The summed E-state index contributed by atoms with van der Waals surface area (Å²) in [6.07, 6.45) is 10.7. The van der Waals surface area contributed by atoms with Crippen LogP contribution in [-0.4, -0.2) is 133 Å². The molecule has 5 saturated heterocycles. The summed E-state index contributed by atoms with van der Waals surface area (Å²) in [5.41, 5.74) is 11.6. The minimum atomic E-state index is -0.541. The quantitative estimate of drug-likeness (QED) is 0.0860. The van der Waals surface area contributed by atoms with Crippen molar-refractivity contribution < 1.29 is 47.4 Å². The molecule has 2 N–H and O–H groups in total. The molecule has 4 amide bonds. The van der Waals surface area contributed by atoms with Gasteiger partial charge in [-0.15, -0.1) is 0 Å². The first-order chi connectivity index (χ1) is 56.4. The van der Waals surface area contributed by atoms with Crippen molar-refractivity contribution in [2.45, 2.75) is 193 Å². The standard InChI is InChI=1S/C44H43ClN4O5.C29H37BN2O4.C21H18BrClN2O3.2H2S/c1-44(2,3)54-43(52)48-19-7-11-37(48)36-24-33(25-46-36)31-16-15-28-21-30(14-13-29(28)22-31)32-17-18-34-35(23-32)47-40(39(45)41(34)50)38-12-8-20-49(38)42(51)53-26-27-9-5-4-6-10-27;1-27(2,3)34-26(33)32-14-8-9-25(32)24-17-22(18-31-24)20-10-11-21-16-23(13-12-19(21)15-20)30-35-28(4,5)29(6,7)36-30;22-14-8-9-15-16(11-14)24-19(18(23)20(15)26)17-7-4-10-25(17)21(27)28-12-13-5-2-1-3-6-13;;/h4-6,9-10,13-18,21-23,25,37-38H,7-8,11-12,19-20,24,26H2,1-3H3,(H,47,50);10-13,15-16,18,25H,8-9,14,17H2,1-7H3;1-3,5-6,8-9,11,17H,4,7,10,12H2,(H,24,26);2*1H2/t37-,38?;25-;;;/m00.../s1. The van der Waals surface area contributed by atoms with Crippen LogP contribution in [0.25, 0.3) is 65.6 Å². The molecule has 26 heteroatoms. The van der Waals surface area contributed by atoms with E-state index < -0.39 is 29.4 Å². The minimum absolute atomic E-state index is 0. The Kier molecular flexibility index (Phi) is 26.9. The van der Waals surface area contributed by atoms with E-state index in [0.717, 1.165) is 134 Å². The van der Waals surface area contributed by atoms with Gasteiger partial charge in [0.05, 0.1) is 57.8 Å². The molecule has 120 heavy (non-hydrogen) atoms. The number of amides is 4. The number of ether oxygens (including phenoxy) is 4. The number of nitrogens with zero attached hydrogens (tertiary/aromatic N) is 6. The zero-order valence-corrected chi connectivity index (χ0v) is 74.3. The fourth-order valence-corrected chi connectivity index (χ4v) is 17.4. The molecule has 0 radical (unpaired) electrons. The van der Waals surface area contributed by atoms with Crippen molar-refractivity contribution in [1.29, 1.82) is 0 Å². The van der Waals surface area contributed by atoms with Gasteiger partial charge in [-0.2, -0.15) is 27.0 Å². The summed E-state index contributed by atoms with van der Waals surface area (Å²) < 4.78 is 35.8. The highest BCUT2D eigenvalue weighted by atomic mass is 79.9. The SMILES string of the molecule is CC(C)(C)OC(=O)N1CCC[C@H]1C1=NC=C(c2ccc3cc(-c4ccc5c(=O)c(Cl)c(C6CCCN6C(=O)OCc6ccccc6)[nH]c5c4)ccc3c2)C1.CC(C)(C)OC(=O)N1CCC[C@H]1C1=NC=C(c2ccc3cc(B4OC(C)(C)C(C)(C)O4)ccc3c2)C1.O=C(OCc1ccccc1)N1CCCC1c1[nH]c2cc(Br)ccc2c(=O)c1Cl.S.S. The second-order valence-electron chi connectivity index (χ2n) is 34.3. The van der Waals surface area contributed by atoms with Gasteiger partial charge in [-0.1, -0.05) is 160 Å². The van der Waals surface area contributed by atoms with Crippen LogP contribution in [0.1, 0.15) is 179 Å². The third kappa shape index (κ3) is 19.5. The number of aromatic nitrogens is 2. The molecule has 5 fully saturated rings. The number of H-pyrrole nitrogens is 2. The largest absolute Gasteiger partial charge is 0.494 e. The molecule has 0 bridgehead atoms. The molecule has 17 rings (SSSR count). The van der Waals surface area contributed by atoms with Crippen LogP contribution in [0, 0.1) is 0 Å². The number of allylic oxidation sites excluding steroid dienone is 2. The molecular weight excluding hydrogens is 1660 g/mol. The third-order valence-corrected chi connectivity index (χ3v) is 24.5. The molecule has 10 aromatic rings. The predicted octanol–water partition coefficient (Wildman–Crippen LogP) is 21.4. The molecule has 20 nitrogen and oxygen atoms in total. The van der Waals surface area contributed by atoms with Crippen molar-refractivity contribution in [3.8, 4) is 11.1 Å². The molecule has 8 aromatic carbocycles. The average Bonchev–Trinajstić information content (AvgIpc) is 1.59. The first-order valence-electron chi connectivity index (χ1n) is 40.7.